The Bertz CT molecular complexity index is 1070. The van der Waals surface area contributed by atoms with Crippen molar-refractivity contribution in [3.63, 3.8) is 0 Å². The molecule has 2 aromatic carbocycles. The molecule has 0 saturated carbocycles. The van der Waals surface area contributed by atoms with Crippen LogP contribution in [0.2, 0.25) is 0 Å². The third kappa shape index (κ3) is 3.84. The average molecular weight is 379 g/mol. The molecule has 0 aliphatic rings. The molecule has 27 heavy (non-hydrogen) atoms. The number of aromatic nitrogens is 4. The molecule has 1 atom stereocenters. The van der Waals surface area contributed by atoms with Crippen LogP contribution in [0.1, 0.15) is 16.8 Å². The zero-order valence-electron chi connectivity index (χ0n) is 15.4. The molecule has 6 nitrogen and oxygen atoms in total. The van der Waals surface area contributed by atoms with Gasteiger partial charge < -0.3 is 11.1 Å². The van der Waals surface area contributed by atoms with E-state index in [1.807, 2.05) is 25.1 Å². The number of H-pyrrole nitrogens is 1. The predicted molar refractivity (Wildman–Crippen MR) is 111 cm³/mol. The number of hydrogen-bond donors (Lipinski definition) is 3. The molecule has 0 fully saturated rings. The molecule has 0 unspecified atom stereocenters. The first-order valence-electron chi connectivity index (χ1n) is 8.92. The molecule has 138 valence electrons. The minimum Gasteiger partial charge on any atom is -0.359 e. The number of aryl methyl sites for hydroxylation is 2. The van der Waals surface area contributed by atoms with E-state index in [4.69, 9.17) is 5.73 Å². The van der Waals surface area contributed by atoms with Crippen molar-refractivity contribution in [2.45, 2.75) is 26.3 Å². The summed E-state index contributed by atoms with van der Waals surface area (Å²) in [5.74, 6) is 0. The van der Waals surface area contributed by atoms with E-state index in [2.05, 4.69) is 56.9 Å². The molecule has 2 heterocycles. The molecule has 0 bridgehead atoms. The van der Waals surface area contributed by atoms with Crippen molar-refractivity contribution in [1.82, 2.24) is 20.4 Å². The Morgan fingerprint density at radius 3 is 2.85 bits per heavy atom. The van der Waals surface area contributed by atoms with E-state index in [1.54, 1.807) is 0 Å². The van der Waals surface area contributed by atoms with Gasteiger partial charge in [0.2, 0.25) is 5.13 Å². The van der Waals surface area contributed by atoms with Crippen LogP contribution in [0.4, 0.5) is 5.13 Å². The van der Waals surface area contributed by atoms with Gasteiger partial charge in [-0.1, -0.05) is 35.6 Å². The number of fused-ring (bicyclic) bond motifs is 1. The molecule has 0 saturated heterocycles. The van der Waals surface area contributed by atoms with E-state index in [1.165, 1.54) is 22.5 Å². The van der Waals surface area contributed by atoms with Gasteiger partial charge in [-0.15, -0.1) is 10.2 Å². The minimum absolute atomic E-state index is 0.0170. The van der Waals surface area contributed by atoms with E-state index in [9.17, 15) is 0 Å². The van der Waals surface area contributed by atoms with Crippen molar-refractivity contribution in [3.05, 3.63) is 59.3 Å². The molecule has 0 aliphatic heterocycles. The monoisotopic (exact) mass is 378 g/mol. The number of rotatable bonds is 6. The first kappa shape index (κ1) is 17.6. The SMILES string of the molecule is Cc1ccccc1C[C@H](N)CNc1nnc(-c2ccc3[nH]nc(C)c3c2)s1. The number of aromatic amines is 1. The second kappa shape index (κ2) is 7.46. The summed E-state index contributed by atoms with van der Waals surface area (Å²) in [7, 11) is 0. The molecular weight excluding hydrogens is 356 g/mol. The maximum Gasteiger partial charge on any atom is 0.206 e. The zero-order chi connectivity index (χ0) is 18.8. The highest BCUT2D eigenvalue weighted by Crippen LogP contribution is 2.29. The Kier molecular flexibility index (Phi) is 4.87. The molecule has 0 radical (unpaired) electrons. The summed E-state index contributed by atoms with van der Waals surface area (Å²) < 4.78 is 0. The molecule has 4 rings (SSSR count). The number of benzene rings is 2. The van der Waals surface area contributed by atoms with Crippen molar-refractivity contribution in [1.29, 1.82) is 0 Å². The van der Waals surface area contributed by atoms with Crippen LogP contribution in [0.15, 0.2) is 42.5 Å². The highest BCUT2D eigenvalue weighted by Gasteiger charge is 2.11. The summed E-state index contributed by atoms with van der Waals surface area (Å²) in [6.07, 6.45) is 0.835. The van der Waals surface area contributed by atoms with Gasteiger partial charge in [-0.3, -0.25) is 5.10 Å². The minimum atomic E-state index is 0.0170. The first-order valence-corrected chi connectivity index (χ1v) is 9.74. The Balaban J connectivity index is 1.41. The Morgan fingerprint density at radius 1 is 1.15 bits per heavy atom. The van der Waals surface area contributed by atoms with Crippen LogP contribution in [-0.4, -0.2) is 33.0 Å². The standard InChI is InChI=1S/C20H22N6S/c1-12-5-3-4-6-14(12)9-16(21)11-22-20-26-25-19(27-20)15-7-8-18-17(10-15)13(2)23-24-18/h3-8,10,16H,9,11,21H2,1-2H3,(H,22,26)(H,23,24)/t16-/m0/s1. The topological polar surface area (TPSA) is 92.5 Å². The van der Waals surface area contributed by atoms with Gasteiger partial charge in [0.05, 0.1) is 11.2 Å². The molecule has 2 aromatic heterocycles. The molecular formula is C20H22N6S. The number of hydrogen-bond acceptors (Lipinski definition) is 6. The summed E-state index contributed by atoms with van der Waals surface area (Å²) in [6, 6.07) is 14.5. The van der Waals surface area contributed by atoms with Crippen LogP contribution < -0.4 is 11.1 Å². The van der Waals surface area contributed by atoms with E-state index < -0.39 is 0 Å². The lowest BCUT2D eigenvalue weighted by atomic mass is 10.0. The fraction of sp³-hybridized carbons (Fsp3) is 0.250. The van der Waals surface area contributed by atoms with E-state index in [0.717, 1.165) is 38.7 Å². The Labute approximate surface area is 161 Å². The lowest BCUT2D eigenvalue weighted by molar-refractivity contribution is 0.696. The molecule has 4 aromatic rings. The molecule has 0 aliphatic carbocycles. The third-order valence-electron chi connectivity index (χ3n) is 4.68. The van der Waals surface area contributed by atoms with Crippen LogP contribution in [-0.2, 0) is 6.42 Å². The van der Waals surface area contributed by atoms with Crippen LogP contribution in [0, 0.1) is 13.8 Å². The van der Waals surface area contributed by atoms with Crippen LogP contribution >= 0.6 is 11.3 Å². The fourth-order valence-corrected chi connectivity index (χ4v) is 3.85. The smallest absolute Gasteiger partial charge is 0.206 e. The van der Waals surface area contributed by atoms with Gasteiger partial charge in [0.25, 0.3) is 0 Å². The summed E-state index contributed by atoms with van der Waals surface area (Å²) in [6.45, 7) is 4.76. The predicted octanol–water partition coefficient (Wildman–Crippen LogP) is 3.68. The van der Waals surface area contributed by atoms with Crippen molar-refractivity contribution in [2.75, 3.05) is 11.9 Å². The van der Waals surface area contributed by atoms with Gasteiger partial charge >= 0.3 is 0 Å². The zero-order valence-corrected chi connectivity index (χ0v) is 16.2. The van der Waals surface area contributed by atoms with Gasteiger partial charge in [-0.05, 0) is 49.6 Å². The molecule has 4 N–H and O–H groups in total. The van der Waals surface area contributed by atoms with Crippen molar-refractivity contribution in [3.8, 4) is 10.6 Å². The lowest BCUT2D eigenvalue weighted by Gasteiger charge is -2.13. The second-order valence-electron chi connectivity index (χ2n) is 6.75. The normalized spacial score (nSPS) is 12.4. The molecule has 0 spiro atoms. The summed E-state index contributed by atoms with van der Waals surface area (Å²) in [5, 5.41) is 21.9. The summed E-state index contributed by atoms with van der Waals surface area (Å²) in [4.78, 5) is 0. The van der Waals surface area contributed by atoms with Crippen LogP contribution in [0.5, 0.6) is 0 Å². The van der Waals surface area contributed by atoms with Gasteiger partial charge in [0.1, 0.15) is 5.01 Å². The third-order valence-corrected chi connectivity index (χ3v) is 5.61. The van der Waals surface area contributed by atoms with E-state index in [-0.39, 0.29) is 6.04 Å². The highest BCUT2D eigenvalue weighted by molar-refractivity contribution is 7.18. The highest BCUT2D eigenvalue weighted by atomic mass is 32.1. The average Bonchev–Trinajstić information content (AvgIpc) is 3.29. The fourth-order valence-electron chi connectivity index (χ4n) is 3.10. The lowest BCUT2D eigenvalue weighted by Crippen LogP contribution is -2.31. The Morgan fingerprint density at radius 2 is 2.00 bits per heavy atom. The van der Waals surface area contributed by atoms with E-state index in [0.29, 0.717) is 6.54 Å². The number of nitrogens with zero attached hydrogens (tertiary/aromatic N) is 3. The van der Waals surface area contributed by atoms with Gasteiger partial charge in [0, 0.05) is 23.5 Å². The molecule has 0 amide bonds. The maximum absolute atomic E-state index is 6.29. The van der Waals surface area contributed by atoms with Gasteiger partial charge in [0.15, 0.2) is 0 Å². The Hall–Kier alpha value is -2.77. The number of nitrogens with one attached hydrogen (secondary N) is 2. The number of nitrogens with two attached hydrogens (primary N) is 1. The first-order chi connectivity index (χ1) is 13.1. The van der Waals surface area contributed by atoms with Crippen molar-refractivity contribution < 1.29 is 0 Å². The quantitative estimate of drug-likeness (QED) is 0.476. The van der Waals surface area contributed by atoms with Gasteiger partial charge in [-0.2, -0.15) is 5.10 Å². The largest absolute Gasteiger partial charge is 0.359 e. The van der Waals surface area contributed by atoms with Crippen LogP contribution in [0.3, 0.4) is 0 Å². The van der Waals surface area contributed by atoms with Crippen LogP contribution in [0.25, 0.3) is 21.5 Å². The van der Waals surface area contributed by atoms with Crippen molar-refractivity contribution >= 4 is 27.4 Å². The summed E-state index contributed by atoms with van der Waals surface area (Å²) >= 11 is 1.53. The molecule has 7 heteroatoms. The number of anilines is 1. The van der Waals surface area contributed by atoms with E-state index >= 15 is 0 Å². The second-order valence-corrected chi connectivity index (χ2v) is 7.73. The van der Waals surface area contributed by atoms with Gasteiger partial charge in [-0.25, -0.2) is 0 Å². The maximum atomic E-state index is 6.29. The summed E-state index contributed by atoms with van der Waals surface area (Å²) in [5.41, 5.74) is 11.9. The van der Waals surface area contributed by atoms with Crippen molar-refractivity contribution in [2.24, 2.45) is 5.73 Å².